The highest BCUT2D eigenvalue weighted by molar-refractivity contribution is 5.96. The molecule has 0 radical (unpaired) electrons. The first-order valence-electron chi connectivity index (χ1n) is 6.64. The average Bonchev–Trinajstić information content (AvgIpc) is 2.69. The maximum Gasteiger partial charge on any atom is 0.251 e. The van der Waals surface area contributed by atoms with Crippen LogP contribution in [0.15, 0.2) is 24.3 Å². The molecular formula is C14H16FN3O3. The Bertz CT molecular complexity index is 562. The third-order valence-electron chi connectivity index (χ3n) is 3.10. The number of hydrogen-bond donors (Lipinski definition) is 2. The zero-order chi connectivity index (χ0) is 15.2. The smallest absolute Gasteiger partial charge is 0.251 e. The lowest BCUT2D eigenvalue weighted by Gasteiger charge is -2.19. The summed E-state index contributed by atoms with van der Waals surface area (Å²) in [5, 5.41) is 5.09. The summed E-state index contributed by atoms with van der Waals surface area (Å²) in [6, 6.07) is 5.21. The number of hydrogen-bond acceptors (Lipinski definition) is 3. The molecule has 112 valence electrons. The fraction of sp³-hybridized carbons (Fsp3) is 0.357. The first kappa shape index (κ1) is 15.0. The standard InChI is InChI=1S/C14H16FN3O3/c15-11-4-1-3-10(7-11)14(21)17-8-13(20)18-6-2-5-16-12(19)9-18/h1,3-4,7H,2,5-6,8-9H2,(H,16,19)(H,17,21). The lowest BCUT2D eigenvalue weighted by Crippen LogP contribution is -2.43. The molecule has 1 aliphatic rings. The molecule has 2 rings (SSSR count). The maximum absolute atomic E-state index is 13.0. The summed E-state index contributed by atoms with van der Waals surface area (Å²) in [6.07, 6.45) is 0.676. The van der Waals surface area contributed by atoms with Crippen molar-refractivity contribution in [1.29, 1.82) is 0 Å². The summed E-state index contributed by atoms with van der Waals surface area (Å²) in [6.45, 7) is 0.781. The Morgan fingerprint density at radius 2 is 2.19 bits per heavy atom. The van der Waals surface area contributed by atoms with Gasteiger partial charge < -0.3 is 15.5 Å². The van der Waals surface area contributed by atoms with Gasteiger partial charge in [-0.05, 0) is 24.6 Å². The Morgan fingerprint density at radius 1 is 1.38 bits per heavy atom. The second kappa shape index (κ2) is 6.83. The zero-order valence-corrected chi connectivity index (χ0v) is 11.4. The molecular weight excluding hydrogens is 277 g/mol. The van der Waals surface area contributed by atoms with E-state index in [9.17, 15) is 18.8 Å². The summed E-state index contributed by atoms with van der Waals surface area (Å²) < 4.78 is 13.0. The fourth-order valence-electron chi connectivity index (χ4n) is 2.02. The molecule has 1 aliphatic heterocycles. The van der Waals surface area contributed by atoms with E-state index in [1.807, 2.05) is 0 Å². The summed E-state index contributed by atoms with van der Waals surface area (Å²) in [4.78, 5) is 36.5. The van der Waals surface area contributed by atoms with Crippen molar-refractivity contribution in [2.24, 2.45) is 0 Å². The van der Waals surface area contributed by atoms with Crippen LogP contribution >= 0.6 is 0 Å². The highest BCUT2D eigenvalue weighted by Gasteiger charge is 2.20. The van der Waals surface area contributed by atoms with Gasteiger partial charge in [0.2, 0.25) is 11.8 Å². The van der Waals surface area contributed by atoms with E-state index in [1.165, 1.54) is 23.1 Å². The summed E-state index contributed by atoms with van der Waals surface area (Å²) in [5.41, 5.74) is 0.149. The van der Waals surface area contributed by atoms with Crippen LogP contribution in [0.5, 0.6) is 0 Å². The molecule has 1 saturated heterocycles. The van der Waals surface area contributed by atoms with Gasteiger partial charge in [-0.3, -0.25) is 14.4 Å². The lowest BCUT2D eigenvalue weighted by atomic mass is 10.2. The number of nitrogens with zero attached hydrogens (tertiary/aromatic N) is 1. The van der Waals surface area contributed by atoms with Crippen LogP contribution in [0.4, 0.5) is 4.39 Å². The molecule has 1 heterocycles. The molecule has 0 aliphatic carbocycles. The minimum Gasteiger partial charge on any atom is -0.354 e. The number of nitrogens with one attached hydrogen (secondary N) is 2. The van der Waals surface area contributed by atoms with Crippen LogP contribution in [0.1, 0.15) is 16.8 Å². The van der Waals surface area contributed by atoms with Crippen LogP contribution in [-0.2, 0) is 9.59 Å². The van der Waals surface area contributed by atoms with Gasteiger partial charge in [0.05, 0.1) is 13.1 Å². The Kier molecular flexibility index (Phi) is 4.86. The molecule has 0 spiro atoms. The number of rotatable bonds is 3. The molecule has 1 aromatic carbocycles. The van der Waals surface area contributed by atoms with Crippen molar-refractivity contribution >= 4 is 17.7 Å². The van der Waals surface area contributed by atoms with Gasteiger partial charge in [0.15, 0.2) is 0 Å². The quantitative estimate of drug-likeness (QED) is 0.817. The molecule has 1 aromatic rings. The highest BCUT2D eigenvalue weighted by Crippen LogP contribution is 2.03. The van der Waals surface area contributed by atoms with E-state index in [2.05, 4.69) is 10.6 Å². The third-order valence-corrected chi connectivity index (χ3v) is 3.10. The van der Waals surface area contributed by atoms with Crippen LogP contribution in [0.25, 0.3) is 0 Å². The van der Waals surface area contributed by atoms with Crippen molar-refractivity contribution in [3.8, 4) is 0 Å². The van der Waals surface area contributed by atoms with Gasteiger partial charge in [0, 0.05) is 18.7 Å². The van der Waals surface area contributed by atoms with E-state index < -0.39 is 11.7 Å². The maximum atomic E-state index is 13.0. The van der Waals surface area contributed by atoms with Crippen molar-refractivity contribution in [2.75, 3.05) is 26.2 Å². The Balaban J connectivity index is 1.88. The predicted octanol–water partition coefficient (Wildman–Crippen LogP) is -0.0960. The molecule has 0 atom stereocenters. The fourth-order valence-corrected chi connectivity index (χ4v) is 2.02. The summed E-state index contributed by atoms with van der Waals surface area (Å²) >= 11 is 0. The van der Waals surface area contributed by atoms with Crippen LogP contribution < -0.4 is 10.6 Å². The first-order chi connectivity index (χ1) is 10.1. The van der Waals surface area contributed by atoms with Crippen LogP contribution in [0.2, 0.25) is 0 Å². The van der Waals surface area contributed by atoms with Crippen molar-refractivity contribution in [1.82, 2.24) is 15.5 Å². The van der Waals surface area contributed by atoms with E-state index in [1.54, 1.807) is 0 Å². The van der Waals surface area contributed by atoms with Crippen molar-refractivity contribution in [2.45, 2.75) is 6.42 Å². The molecule has 7 heteroatoms. The number of halogens is 1. The second-order valence-corrected chi connectivity index (χ2v) is 4.71. The monoisotopic (exact) mass is 293 g/mol. The van der Waals surface area contributed by atoms with Gasteiger partial charge in [-0.1, -0.05) is 6.07 Å². The van der Waals surface area contributed by atoms with E-state index in [-0.39, 0.29) is 30.5 Å². The van der Waals surface area contributed by atoms with Crippen molar-refractivity contribution in [3.63, 3.8) is 0 Å². The topological polar surface area (TPSA) is 78.5 Å². The van der Waals surface area contributed by atoms with Gasteiger partial charge in [0.1, 0.15) is 5.82 Å². The molecule has 0 aromatic heterocycles. The molecule has 21 heavy (non-hydrogen) atoms. The van der Waals surface area contributed by atoms with Crippen LogP contribution in [-0.4, -0.2) is 48.8 Å². The summed E-state index contributed by atoms with van der Waals surface area (Å²) in [7, 11) is 0. The number of benzene rings is 1. The first-order valence-corrected chi connectivity index (χ1v) is 6.64. The lowest BCUT2D eigenvalue weighted by molar-refractivity contribution is -0.134. The minimum absolute atomic E-state index is 0.00529. The molecule has 0 unspecified atom stereocenters. The summed E-state index contributed by atoms with van der Waals surface area (Å²) in [5.74, 6) is -1.59. The molecule has 6 nitrogen and oxygen atoms in total. The minimum atomic E-state index is -0.526. The van der Waals surface area contributed by atoms with Gasteiger partial charge in [-0.25, -0.2) is 4.39 Å². The van der Waals surface area contributed by atoms with Crippen molar-refractivity contribution < 1.29 is 18.8 Å². The largest absolute Gasteiger partial charge is 0.354 e. The molecule has 2 N–H and O–H groups in total. The normalized spacial score (nSPS) is 15.1. The van der Waals surface area contributed by atoms with Crippen molar-refractivity contribution in [3.05, 3.63) is 35.6 Å². The second-order valence-electron chi connectivity index (χ2n) is 4.71. The number of carbonyl (C=O) groups is 3. The Hall–Kier alpha value is -2.44. The SMILES string of the molecule is O=C1CN(C(=O)CNC(=O)c2cccc(F)c2)CCCN1. The van der Waals surface area contributed by atoms with Gasteiger partial charge >= 0.3 is 0 Å². The molecule has 0 bridgehead atoms. The third kappa shape index (κ3) is 4.27. The van der Waals surface area contributed by atoms with E-state index in [0.29, 0.717) is 19.5 Å². The van der Waals surface area contributed by atoms with Gasteiger partial charge in [-0.2, -0.15) is 0 Å². The number of amides is 3. The molecule has 0 saturated carbocycles. The zero-order valence-electron chi connectivity index (χ0n) is 11.4. The van der Waals surface area contributed by atoms with Crippen LogP contribution in [0.3, 0.4) is 0 Å². The highest BCUT2D eigenvalue weighted by atomic mass is 19.1. The Morgan fingerprint density at radius 3 is 2.95 bits per heavy atom. The van der Waals surface area contributed by atoms with Gasteiger partial charge in [-0.15, -0.1) is 0 Å². The van der Waals surface area contributed by atoms with E-state index >= 15 is 0 Å². The molecule has 1 fully saturated rings. The average molecular weight is 293 g/mol. The van der Waals surface area contributed by atoms with E-state index in [0.717, 1.165) is 6.07 Å². The Labute approximate surface area is 121 Å². The van der Waals surface area contributed by atoms with Gasteiger partial charge in [0.25, 0.3) is 5.91 Å². The van der Waals surface area contributed by atoms with Crippen LogP contribution in [0, 0.1) is 5.82 Å². The molecule has 3 amide bonds. The number of carbonyl (C=O) groups excluding carboxylic acids is 3. The van der Waals surface area contributed by atoms with E-state index in [4.69, 9.17) is 0 Å². The predicted molar refractivity (Wildman–Crippen MR) is 72.9 cm³/mol.